The van der Waals surface area contributed by atoms with Crippen LogP contribution in [0.5, 0.6) is 11.5 Å². The second kappa shape index (κ2) is 7.09. The van der Waals surface area contributed by atoms with Crippen LogP contribution >= 0.6 is 0 Å². The molecule has 0 heterocycles. The SMILES string of the molecule is CC(=O)c1ccccc1OCCOc1ccc(C)c2c1C(=O)C[C@@H]2C. The van der Waals surface area contributed by atoms with Crippen molar-refractivity contribution in [1.82, 2.24) is 0 Å². The quantitative estimate of drug-likeness (QED) is 0.580. The van der Waals surface area contributed by atoms with Crippen LogP contribution in [0.1, 0.15) is 58.0 Å². The first-order valence-corrected chi connectivity index (χ1v) is 8.51. The van der Waals surface area contributed by atoms with E-state index in [0.717, 1.165) is 16.7 Å². The number of para-hydroxylation sites is 1. The Morgan fingerprint density at radius 1 is 1.08 bits per heavy atom. The highest BCUT2D eigenvalue weighted by molar-refractivity contribution is 6.04. The number of rotatable bonds is 6. The van der Waals surface area contributed by atoms with Gasteiger partial charge in [-0.2, -0.15) is 0 Å². The molecule has 4 heteroatoms. The Bertz CT molecular complexity index is 823. The van der Waals surface area contributed by atoms with Gasteiger partial charge in [0.15, 0.2) is 11.6 Å². The maximum absolute atomic E-state index is 12.3. The Kier molecular flexibility index (Phi) is 4.88. The lowest BCUT2D eigenvalue weighted by Gasteiger charge is -2.14. The minimum absolute atomic E-state index is 0.0348. The number of hydrogen-bond acceptors (Lipinski definition) is 4. The minimum atomic E-state index is -0.0348. The molecule has 0 unspecified atom stereocenters. The Hall–Kier alpha value is -2.62. The molecule has 0 aliphatic heterocycles. The first kappa shape index (κ1) is 17.2. The molecule has 2 aromatic carbocycles. The molecule has 0 aromatic heterocycles. The lowest BCUT2D eigenvalue weighted by atomic mass is 9.97. The monoisotopic (exact) mass is 338 g/mol. The fourth-order valence-electron chi connectivity index (χ4n) is 3.42. The molecule has 1 aliphatic rings. The van der Waals surface area contributed by atoms with Crippen molar-refractivity contribution in [3.63, 3.8) is 0 Å². The summed E-state index contributed by atoms with van der Waals surface area (Å²) in [4.78, 5) is 23.9. The Morgan fingerprint density at radius 2 is 1.76 bits per heavy atom. The van der Waals surface area contributed by atoms with Gasteiger partial charge in [0.2, 0.25) is 0 Å². The maximum Gasteiger partial charge on any atom is 0.167 e. The van der Waals surface area contributed by atoms with E-state index < -0.39 is 0 Å². The summed E-state index contributed by atoms with van der Waals surface area (Å²) >= 11 is 0. The molecule has 3 rings (SSSR count). The summed E-state index contributed by atoms with van der Waals surface area (Å²) in [7, 11) is 0. The highest BCUT2D eigenvalue weighted by Crippen LogP contribution is 2.40. The van der Waals surface area contributed by atoms with Gasteiger partial charge < -0.3 is 9.47 Å². The number of Topliss-reactive ketones (excluding diaryl/α,β-unsaturated/α-hetero) is 2. The molecule has 0 fully saturated rings. The van der Waals surface area contributed by atoms with E-state index >= 15 is 0 Å². The van der Waals surface area contributed by atoms with Crippen LogP contribution in [0.3, 0.4) is 0 Å². The third-order valence-electron chi connectivity index (χ3n) is 4.55. The van der Waals surface area contributed by atoms with Crippen molar-refractivity contribution in [3.8, 4) is 11.5 Å². The van der Waals surface area contributed by atoms with Gasteiger partial charge in [-0.3, -0.25) is 9.59 Å². The number of fused-ring (bicyclic) bond motifs is 1. The molecule has 1 atom stereocenters. The van der Waals surface area contributed by atoms with Crippen molar-refractivity contribution >= 4 is 11.6 Å². The molecule has 130 valence electrons. The summed E-state index contributed by atoms with van der Waals surface area (Å²) in [5.41, 5.74) is 3.51. The molecule has 0 saturated carbocycles. The van der Waals surface area contributed by atoms with E-state index in [0.29, 0.717) is 36.7 Å². The van der Waals surface area contributed by atoms with Gasteiger partial charge in [-0.1, -0.05) is 25.1 Å². The number of hydrogen-bond donors (Lipinski definition) is 0. The predicted molar refractivity (Wildman–Crippen MR) is 96.0 cm³/mol. The summed E-state index contributed by atoms with van der Waals surface area (Å²) in [6, 6.07) is 11.0. The Balaban J connectivity index is 1.67. The van der Waals surface area contributed by atoms with Crippen LogP contribution in [-0.4, -0.2) is 24.8 Å². The van der Waals surface area contributed by atoms with E-state index in [-0.39, 0.29) is 17.5 Å². The molecule has 0 radical (unpaired) electrons. The summed E-state index contributed by atoms with van der Waals surface area (Å²) in [6.45, 7) is 6.23. The second-order valence-electron chi connectivity index (χ2n) is 6.45. The van der Waals surface area contributed by atoms with E-state index in [1.54, 1.807) is 12.1 Å². The van der Waals surface area contributed by atoms with Crippen LogP contribution in [0, 0.1) is 6.92 Å². The summed E-state index contributed by atoms with van der Waals surface area (Å²) in [5.74, 6) is 1.53. The smallest absolute Gasteiger partial charge is 0.167 e. The molecule has 0 amide bonds. The number of benzene rings is 2. The first-order chi connectivity index (χ1) is 12.0. The number of carbonyl (C=O) groups excluding carboxylic acids is 2. The van der Waals surface area contributed by atoms with Crippen molar-refractivity contribution in [2.75, 3.05) is 13.2 Å². The molecule has 2 aromatic rings. The topological polar surface area (TPSA) is 52.6 Å². The summed E-state index contributed by atoms with van der Waals surface area (Å²) < 4.78 is 11.5. The fraction of sp³-hybridized carbons (Fsp3) is 0.333. The van der Waals surface area contributed by atoms with Gasteiger partial charge in [0.1, 0.15) is 24.7 Å². The van der Waals surface area contributed by atoms with Gasteiger partial charge in [0.25, 0.3) is 0 Å². The minimum Gasteiger partial charge on any atom is -0.489 e. The van der Waals surface area contributed by atoms with Gasteiger partial charge in [0, 0.05) is 6.42 Å². The maximum atomic E-state index is 12.3. The molecular formula is C21H22O4. The normalized spacial score (nSPS) is 15.8. The molecule has 0 spiro atoms. The molecule has 0 bridgehead atoms. The van der Waals surface area contributed by atoms with Crippen molar-refractivity contribution in [2.45, 2.75) is 33.1 Å². The highest BCUT2D eigenvalue weighted by atomic mass is 16.5. The zero-order valence-corrected chi connectivity index (χ0v) is 14.8. The first-order valence-electron chi connectivity index (χ1n) is 8.51. The molecule has 25 heavy (non-hydrogen) atoms. The van der Waals surface area contributed by atoms with Crippen LogP contribution in [-0.2, 0) is 0 Å². The number of aryl methyl sites for hydroxylation is 1. The lowest BCUT2D eigenvalue weighted by molar-refractivity contribution is 0.0981. The zero-order chi connectivity index (χ0) is 18.0. The van der Waals surface area contributed by atoms with Gasteiger partial charge >= 0.3 is 0 Å². The van der Waals surface area contributed by atoms with Crippen LogP contribution in [0.15, 0.2) is 36.4 Å². The van der Waals surface area contributed by atoms with Crippen LogP contribution < -0.4 is 9.47 Å². The van der Waals surface area contributed by atoms with Crippen LogP contribution in [0.2, 0.25) is 0 Å². The van der Waals surface area contributed by atoms with Crippen molar-refractivity contribution in [2.24, 2.45) is 0 Å². The number of ketones is 2. The average Bonchev–Trinajstić information content (AvgIpc) is 2.89. The van der Waals surface area contributed by atoms with Crippen LogP contribution in [0.25, 0.3) is 0 Å². The van der Waals surface area contributed by atoms with Gasteiger partial charge in [0.05, 0.1) is 11.1 Å². The average molecular weight is 338 g/mol. The van der Waals surface area contributed by atoms with Crippen molar-refractivity contribution in [3.05, 3.63) is 58.7 Å². The van der Waals surface area contributed by atoms with Crippen molar-refractivity contribution in [1.29, 1.82) is 0 Å². The van der Waals surface area contributed by atoms with Gasteiger partial charge in [-0.05, 0) is 49.1 Å². The molecule has 1 aliphatic carbocycles. The van der Waals surface area contributed by atoms with E-state index in [2.05, 4.69) is 6.92 Å². The summed E-state index contributed by atoms with van der Waals surface area (Å²) in [6.07, 6.45) is 0.541. The third-order valence-corrected chi connectivity index (χ3v) is 4.55. The van der Waals surface area contributed by atoms with Gasteiger partial charge in [-0.25, -0.2) is 0 Å². The number of ether oxygens (including phenoxy) is 2. The standard InChI is InChI=1S/C21H22O4/c1-13-8-9-19(21-17(23)12-14(2)20(13)21)25-11-10-24-18-7-5-4-6-16(18)15(3)22/h4-9,14H,10-12H2,1-3H3/t14-/m0/s1. The van der Waals surface area contributed by atoms with Crippen LogP contribution in [0.4, 0.5) is 0 Å². The van der Waals surface area contributed by atoms with Gasteiger partial charge in [-0.15, -0.1) is 0 Å². The molecule has 0 N–H and O–H groups in total. The summed E-state index contributed by atoms with van der Waals surface area (Å²) in [5, 5.41) is 0. The predicted octanol–water partition coefficient (Wildman–Crippen LogP) is 4.35. The lowest BCUT2D eigenvalue weighted by Crippen LogP contribution is -2.12. The number of carbonyl (C=O) groups is 2. The van der Waals surface area contributed by atoms with E-state index in [1.165, 1.54) is 6.92 Å². The van der Waals surface area contributed by atoms with Crippen molar-refractivity contribution < 1.29 is 19.1 Å². The molecule has 0 saturated heterocycles. The van der Waals surface area contributed by atoms with E-state index in [9.17, 15) is 9.59 Å². The zero-order valence-electron chi connectivity index (χ0n) is 14.8. The highest BCUT2D eigenvalue weighted by Gasteiger charge is 2.30. The second-order valence-corrected chi connectivity index (χ2v) is 6.45. The molecule has 4 nitrogen and oxygen atoms in total. The molecular weight excluding hydrogens is 316 g/mol. The third kappa shape index (κ3) is 3.43. The van der Waals surface area contributed by atoms with E-state index in [1.807, 2.05) is 31.2 Å². The largest absolute Gasteiger partial charge is 0.489 e. The fourth-order valence-corrected chi connectivity index (χ4v) is 3.42. The Labute approximate surface area is 147 Å². The van der Waals surface area contributed by atoms with E-state index in [4.69, 9.17) is 9.47 Å². The Morgan fingerprint density at radius 3 is 2.48 bits per heavy atom.